The van der Waals surface area contributed by atoms with Crippen LogP contribution in [0.3, 0.4) is 0 Å². The zero-order valence-corrected chi connectivity index (χ0v) is 22.1. The number of likely N-dealkylation sites (tertiary alicyclic amines) is 1. The molecule has 0 spiro atoms. The predicted octanol–water partition coefficient (Wildman–Crippen LogP) is 2.19. The lowest BCUT2D eigenvalue weighted by molar-refractivity contribution is -0.144. The topological polar surface area (TPSA) is 127 Å². The maximum Gasteiger partial charge on any atom is 0.308 e. The summed E-state index contributed by atoms with van der Waals surface area (Å²) >= 11 is 0. The van der Waals surface area contributed by atoms with E-state index in [4.69, 9.17) is 14.2 Å². The first-order valence-corrected chi connectivity index (χ1v) is 13.3. The van der Waals surface area contributed by atoms with Gasteiger partial charge in [-0.05, 0) is 43.0 Å². The van der Waals surface area contributed by atoms with Crippen LogP contribution in [0.2, 0.25) is 0 Å². The number of rotatable bonds is 14. The lowest BCUT2D eigenvalue weighted by atomic mass is 9.84. The van der Waals surface area contributed by atoms with Crippen LogP contribution in [0.4, 0.5) is 0 Å². The lowest BCUT2D eigenvalue weighted by Gasteiger charge is -2.29. The van der Waals surface area contributed by atoms with Gasteiger partial charge in [0, 0.05) is 57.1 Å². The number of hydrogen-bond acceptors (Lipinski definition) is 8. The van der Waals surface area contributed by atoms with Gasteiger partial charge in [-0.1, -0.05) is 13.3 Å². The number of benzene rings is 1. The lowest BCUT2D eigenvalue weighted by Crippen LogP contribution is -2.45. The van der Waals surface area contributed by atoms with Crippen LogP contribution in [0.15, 0.2) is 30.6 Å². The van der Waals surface area contributed by atoms with Crippen molar-refractivity contribution in [1.29, 1.82) is 0 Å². The first kappa shape index (κ1) is 27.7. The highest BCUT2D eigenvalue weighted by atomic mass is 16.7. The quantitative estimate of drug-likeness (QED) is 0.378. The van der Waals surface area contributed by atoms with E-state index in [1.165, 1.54) is 0 Å². The highest BCUT2D eigenvalue weighted by molar-refractivity contribution is 5.79. The second kappa shape index (κ2) is 13.0. The van der Waals surface area contributed by atoms with E-state index in [0.717, 1.165) is 18.4 Å². The van der Waals surface area contributed by atoms with Crippen LogP contribution in [-0.4, -0.2) is 94.4 Å². The minimum Gasteiger partial charge on any atom is -0.493 e. The van der Waals surface area contributed by atoms with Gasteiger partial charge in [0.1, 0.15) is 0 Å². The highest BCUT2D eigenvalue weighted by Crippen LogP contribution is 2.47. The molecule has 38 heavy (non-hydrogen) atoms. The molecule has 1 aromatic heterocycles. The Labute approximate surface area is 222 Å². The van der Waals surface area contributed by atoms with Crippen LogP contribution in [-0.2, 0) is 16.1 Å². The van der Waals surface area contributed by atoms with Crippen LogP contribution in [0.5, 0.6) is 17.2 Å². The van der Waals surface area contributed by atoms with Gasteiger partial charge < -0.3 is 29.3 Å². The number of carbonyl (C=O) groups excluding carboxylic acids is 1. The van der Waals surface area contributed by atoms with Gasteiger partial charge in [0.2, 0.25) is 18.4 Å². The summed E-state index contributed by atoms with van der Waals surface area (Å²) in [4.78, 5) is 30.0. The van der Waals surface area contributed by atoms with Crippen molar-refractivity contribution in [3.8, 4) is 17.2 Å². The Morgan fingerprint density at radius 2 is 2.05 bits per heavy atom. The fraction of sp³-hybridized carbons (Fsp3) is 0.593. The van der Waals surface area contributed by atoms with Crippen LogP contribution in [0, 0.1) is 5.92 Å². The number of aliphatic hydroxyl groups is 1. The van der Waals surface area contributed by atoms with E-state index in [2.05, 4.69) is 12.0 Å². The number of aryl methyl sites for hydroxylation is 1. The zero-order chi connectivity index (χ0) is 27.1. The molecule has 3 atom stereocenters. The molecule has 1 amide bonds. The normalized spacial score (nSPS) is 20.6. The number of fused-ring (bicyclic) bond motifs is 1. The van der Waals surface area contributed by atoms with Gasteiger partial charge in [-0.2, -0.15) is 5.10 Å². The first-order chi connectivity index (χ1) is 18.5. The summed E-state index contributed by atoms with van der Waals surface area (Å²) in [5.41, 5.74) is 0.778. The van der Waals surface area contributed by atoms with Gasteiger partial charge in [0.15, 0.2) is 11.5 Å². The van der Waals surface area contributed by atoms with Gasteiger partial charge in [-0.15, -0.1) is 0 Å². The van der Waals surface area contributed by atoms with E-state index >= 15 is 0 Å². The number of carboxylic acid groups (broad SMARTS) is 1. The molecule has 1 saturated heterocycles. The summed E-state index contributed by atoms with van der Waals surface area (Å²) in [6.07, 6.45) is 6.40. The SMILES string of the molecule is CCCCN(CCCO)C(=O)CN1C[C@H](c2cc(OC)c3c(c2)OCO3)C(C(=O)O)[C@@H]1CCn1cccn1. The molecular weight excluding hydrogens is 492 g/mol. The summed E-state index contributed by atoms with van der Waals surface area (Å²) in [7, 11) is 1.54. The monoisotopic (exact) mass is 530 g/mol. The Hall–Kier alpha value is -3.31. The van der Waals surface area contributed by atoms with Crippen LogP contribution in [0.1, 0.15) is 44.1 Å². The number of nitrogens with zero attached hydrogens (tertiary/aromatic N) is 4. The third kappa shape index (κ3) is 6.21. The van der Waals surface area contributed by atoms with Crippen molar-refractivity contribution in [2.75, 3.05) is 46.7 Å². The van der Waals surface area contributed by atoms with Crippen LogP contribution < -0.4 is 14.2 Å². The number of carboxylic acids is 1. The van der Waals surface area contributed by atoms with Crippen molar-refractivity contribution in [2.24, 2.45) is 5.92 Å². The number of methoxy groups -OCH3 is 1. The molecule has 208 valence electrons. The number of unbranched alkanes of at least 4 members (excludes halogenated alkanes) is 1. The van der Waals surface area contributed by atoms with Crippen LogP contribution in [0.25, 0.3) is 0 Å². The molecule has 0 saturated carbocycles. The molecule has 1 unspecified atom stereocenters. The summed E-state index contributed by atoms with van der Waals surface area (Å²) in [6, 6.07) is 5.10. The molecule has 1 aromatic carbocycles. The number of aliphatic hydroxyl groups excluding tert-OH is 1. The second-order valence-corrected chi connectivity index (χ2v) is 9.79. The fourth-order valence-electron chi connectivity index (χ4n) is 5.50. The maximum atomic E-state index is 13.4. The number of hydrogen-bond donors (Lipinski definition) is 2. The molecule has 2 aliphatic heterocycles. The molecule has 0 aliphatic carbocycles. The minimum absolute atomic E-state index is 0.0151. The number of aliphatic carboxylic acids is 1. The van der Waals surface area contributed by atoms with E-state index in [1.54, 1.807) is 22.9 Å². The Bertz CT molecular complexity index is 1070. The maximum absolute atomic E-state index is 13.4. The van der Waals surface area contributed by atoms with Crippen molar-refractivity contribution in [2.45, 2.75) is 51.1 Å². The molecule has 3 heterocycles. The van der Waals surface area contributed by atoms with Crippen LogP contribution >= 0.6 is 0 Å². The Morgan fingerprint density at radius 1 is 1.24 bits per heavy atom. The molecule has 1 fully saturated rings. The largest absolute Gasteiger partial charge is 0.493 e. The Kier molecular flexibility index (Phi) is 9.46. The number of carbonyl (C=O) groups is 2. The Balaban J connectivity index is 1.62. The summed E-state index contributed by atoms with van der Waals surface area (Å²) in [5, 5.41) is 24.0. The van der Waals surface area contributed by atoms with Gasteiger partial charge in [-0.3, -0.25) is 19.2 Å². The molecule has 0 radical (unpaired) electrons. The molecule has 11 nitrogen and oxygen atoms in total. The minimum atomic E-state index is -0.907. The van der Waals surface area contributed by atoms with Crippen molar-refractivity contribution in [3.05, 3.63) is 36.2 Å². The summed E-state index contributed by atoms with van der Waals surface area (Å²) in [5.74, 6) is -0.548. The zero-order valence-electron chi connectivity index (χ0n) is 22.1. The average molecular weight is 531 g/mol. The second-order valence-electron chi connectivity index (χ2n) is 9.79. The Morgan fingerprint density at radius 3 is 2.74 bits per heavy atom. The third-order valence-corrected chi connectivity index (χ3v) is 7.41. The number of ether oxygens (including phenoxy) is 3. The van der Waals surface area contributed by atoms with E-state index in [1.807, 2.05) is 29.3 Å². The fourth-order valence-corrected chi connectivity index (χ4v) is 5.50. The molecule has 2 aromatic rings. The number of aromatic nitrogens is 2. The smallest absolute Gasteiger partial charge is 0.308 e. The molecule has 4 rings (SSSR count). The van der Waals surface area contributed by atoms with Crippen molar-refractivity contribution >= 4 is 11.9 Å². The van der Waals surface area contributed by atoms with Crippen molar-refractivity contribution < 1.29 is 34.0 Å². The van der Waals surface area contributed by atoms with Gasteiger partial charge in [0.25, 0.3) is 0 Å². The standard InChI is InChI=1S/C27H38N4O7/c1-3-4-9-29(10-6-13-32)24(33)17-30-16-20(19-14-22(36-2)26-23(15-19)37-18-38-26)25(27(34)35)21(30)7-12-31-11-5-8-28-31/h5,8,11,14-15,20-21,25,32H,3-4,6-7,9-10,12-13,16-18H2,1-2H3,(H,34,35)/t20-,21+,25?/m1/s1. The molecule has 2 N–H and O–H groups in total. The third-order valence-electron chi connectivity index (χ3n) is 7.41. The average Bonchev–Trinajstić information content (AvgIpc) is 3.67. The van der Waals surface area contributed by atoms with E-state index in [0.29, 0.717) is 56.3 Å². The summed E-state index contributed by atoms with van der Waals surface area (Å²) < 4.78 is 18.4. The molecule has 0 bridgehead atoms. The number of amides is 1. The highest BCUT2D eigenvalue weighted by Gasteiger charge is 2.47. The van der Waals surface area contributed by atoms with E-state index in [-0.39, 0.29) is 37.8 Å². The van der Waals surface area contributed by atoms with Gasteiger partial charge in [-0.25, -0.2) is 0 Å². The van der Waals surface area contributed by atoms with Crippen molar-refractivity contribution in [3.63, 3.8) is 0 Å². The van der Waals surface area contributed by atoms with E-state index < -0.39 is 11.9 Å². The van der Waals surface area contributed by atoms with E-state index in [9.17, 15) is 19.8 Å². The first-order valence-electron chi connectivity index (χ1n) is 13.3. The molecular formula is C27H38N4O7. The van der Waals surface area contributed by atoms with Crippen molar-refractivity contribution in [1.82, 2.24) is 19.6 Å². The summed E-state index contributed by atoms with van der Waals surface area (Å²) in [6.45, 7) is 4.31. The van der Waals surface area contributed by atoms with Gasteiger partial charge >= 0.3 is 5.97 Å². The molecule has 2 aliphatic rings. The van der Waals surface area contributed by atoms with Gasteiger partial charge in [0.05, 0.1) is 19.6 Å². The molecule has 11 heteroatoms. The predicted molar refractivity (Wildman–Crippen MR) is 138 cm³/mol.